The fourth-order valence-corrected chi connectivity index (χ4v) is 5.13. The molecule has 29 heavy (non-hydrogen) atoms. The highest BCUT2D eigenvalue weighted by Crippen LogP contribution is 2.21. The van der Waals surface area contributed by atoms with Gasteiger partial charge in [0.05, 0.1) is 16.2 Å². The van der Waals surface area contributed by atoms with E-state index in [9.17, 15) is 21.6 Å². The fraction of sp³-hybridized carbons (Fsp3) is 0.316. The van der Waals surface area contributed by atoms with Crippen LogP contribution in [0.1, 0.15) is 24.0 Å². The summed E-state index contributed by atoms with van der Waals surface area (Å²) < 4.78 is 49.0. The quantitative estimate of drug-likeness (QED) is 0.668. The molecule has 1 heterocycles. The highest BCUT2D eigenvalue weighted by atomic mass is 32.2. The second kappa shape index (κ2) is 8.62. The van der Waals surface area contributed by atoms with E-state index in [2.05, 4.69) is 5.32 Å². The van der Waals surface area contributed by atoms with Gasteiger partial charge in [-0.2, -0.15) is 4.31 Å². The SMILES string of the molecule is NS(=O)(=O)c1ccc(CC(=O)NCc2ccc(S(=O)(=O)N3CCCC3)cc2)cc1. The minimum Gasteiger partial charge on any atom is -0.352 e. The first-order valence-corrected chi connectivity index (χ1v) is 12.1. The van der Waals surface area contributed by atoms with Gasteiger partial charge in [0.2, 0.25) is 26.0 Å². The lowest BCUT2D eigenvalue weighted by Crippen LogP contribution is -2.28. The zero-order valence-corrected chi connectivity index (χ0v) is 17.4. The molecule has 1 amide bonds. The van der Waals surface area contributed by atoms with Crippen molar-refractivity contribution in [2.75, 3.05) is 13.1 Å². The van der Waals surface area contributed by atoms with Gasteiger partial charge >= 0.3 is 0 Å². The van der Waals surface area contributed by atoms with E-state index in [1.165, 1.54) is 28.6 Å². The van der Waals surface area contributed by atoms with Crippen LogP contribution >= 0.6 is 0 Å². The molecule has 1 aliphatic heterocycles. The van der Waals surface area contributed by atoms with Crippen molar-refractivity contribution in [3.05, 3.63) is 59.7 Å². The molecule has 8 nitrogen and oxygen atoms in total. The molecule has 10 heteroatoms. The molecule has 156 valence electrons. The van der Waals surface area contributed by atoms with Gasteiger partial charge in [0.15, 0.2) is 0 Å². The maximum atomic E-state index is 12.5. The van der Waals surface area contributed by atoms with E-state index in [1.807, 2.05) is 0 Å². The number of hydrogen-bond donors (Lipinski definition) is 2. The van der Waals surface area contributed by atoms with E-state index in [1.54, 1.807) is 24.3 Å². The van der Waals surface area contributed by atoms with E-state index in [0.717, 1.165) is 18.4 Å². The molecule has 2 aromatic carbocycles. The lowest BCUT2D eigenvalue weighted by atomic mass is 10.1. The molecular weight excluding hydrogens is 414 g/mol. The Labute approximate surface area is 170 Å². The Morgan fingerprint density at radius 1 is 0.862 bits per heavy atom. The maximum absolute atomic E-state index is 12.5. The van der Waals surface area contributed by atoms with E-state index >= 15 is 0 Å². The lowest BCUT2D eigenvalue weighted by Gasteiger charge is -2.15. The number of sulfonamides is 2. The van der Waals surface area contributed by atoms with Crippen molar-refractivity contribution in [1.82, 2.24) is 9.62 Å². The summed E-state index contributed by atoms with van der Waals surface area (Å²) in [5.41, 5.74) is 1.44. The van der Waals surface area contributed by atoms with Gasteiger partial charge in [0.25, 0.3) is 0 Å². The Balaban J connectivity index is 1.55. The first-order chi connectivity index (χ1) is 13.7. The second-order valence-corrected chi connectivity index (χ2v) is 10.4. The molecule has 3 rings (SSSR count). The summed E-state index contributed by atoms with van der Waals surface area (Å²) in [5.74, 6) is -0.234. The van der Waals surface area contributed by atoms with Crippen LogP contribution in [0.5, 0.6) is 0 Å². The third-order valence-corrected chi connectivity index (χ3v) is 7.57. The van der Waals surface area contributed by atoms with E-state index in [0.29, 0.717) is 18.7 Å². The van der Waals surface area contributed by atoms with E-state index in [-0.39, 0.29) is 28.7 Å². The zero-order valence-electron chi connectivity index (χ0n) is 15.7. The highest BCUT2D eigenvalue weighted by Gasteiger charge is 2.26. The number of rotatable bonds is 7. The third-order valence-electron chi connectivity index (χ3n) is 4.73. The summed E-state index contributed by atoms with van der Waals surface area (Å²) >= 11 is 0. The summed E-state index contributed by atoms with van der Waals surface area (Å²) in [6.45, 7) is 1.37. The summed E-state index contributed by atoms with van der Waals surface area (Å²) in [4.78, 5) is 12.4. The third kappa shape index (κ3) is 5.41. The lowest BCUT2D eigenvalue weighted by molar-refractivity contribution is -0.120. The summed E-state index contributed by atoms with van der Waals surface area (Å²) in [6.07, 6.45) is 1.86. The van der Waals surface area contributed by atoms with Gasteiger partial charge in [-0.25, -0.2) is 22.0 Å². The standard InChI is InChI=1S/C19H23N3O5S2/c20-28(24,25)17-7-3-15(4-8-17)13-19(23)21-14-16-5-9-18(10-6-16)29(26,27)22-11-1-2-12-22/h3-10H,1-2,11-14H2,(H,21,23)(H2,20,24,25). The van der Waals surface area contributed by atoms with Crippen molar-refractivity contribution >= 4 is 26.0 Å². The topological polar surface area (TPSA) is 127 Å². The number of benzene rings is 2. The van der Waals surface area contributed by atoms with Crippen molar-refractivity contribution in [1.29, 1.82) is 0 Å². The molecule has 1 aliphatic rings. The summed E-state index contributed by atoms with van der Waals surface area (Å²) in [5, 5.41) is 7.81. The van der Waals surface area contributed by atoms with Crippen molar-refractivity contribution < 1.29 is 21.6 Å². The van der Waals surface area contributed by atoms with E-state index < -0.39 is 20.0 Å². The van der Waals surface area contributed by atoms with Gasteiger partial charge < -0.3 is 5.32 Å². The van der Waals surface area contributed by atoms with Crippen LogP contribution < -0.4 is 10.5 Å². The average molecular weight is 438 g/mol. The Morgan fingerprint density at radius 2 is 1.38 bits per heavy atom. The zero-order chi connectivity index (χ0) is 21.1. The number of nitrogens with two attached hydrogens (primary N) is 1. The molecule has 0 saturated carbocycles. The Kier molecular flexibility index (Phi) is 6.37. The Bertz CT molecular complexity index is 1070. The van der Waals surface area contributed by atoms with Crippen LogP contribution in [-0.2, 0) is 37.8 Å². The molecule has 1 fully saturated rings. The monoisotopic (exact) mass is 437 g/mol. The number of primary sulfonamides is 1. The number of nitrogens with zero attached hydrogens (tertiary/aromatic N) is 1. The van der Waals surface area contributed by atoms with Gasteiger partial charge in [-0.3, -0.25) is 4.79 Å². The maximum Gasteiger partial charge on any atom is 0.243 e. The number of hydrogen-bond acceptors (Lipinski definition) is 5. The first kappa shape index (κ1) is 21.4. The van der Waals surface area contributed by atoms with Gasteiger partial charge in [0, 0.05) is 19.6 Å². The number of amides is 1. The molecule has 0 radical (unpaired) electrons. The predicted octanol–water partition coefficient (Wildman–Crippen LogP) is 0.977. The smallest absolute Gasteiger partial charge is 0.243 e. The van der Waals surface area contributed by atoms with Crippen molar-refractivity contribution in [3.63, 3.8) is 0 Å². The fourth-order valence-electron chi connectivity index (χ4n) is 3.10. The van der Waals surface area contributed by atoms with Crippen molar-refractivity contribution in [2.45, 2.75) is 35.6 Å². The van der Waals surface area contributed by atoms with Crippen molar-refractivity contribution in [2.24, 2.45) is 5.14 Å². The van der Waals surface area contributed by atoms with Crippen molar-refractivity contribution in [3.8, 4) is 0 Å². The van der Waals surface area contributed by atoms with Crippen LogP contribution in [-0.4, -0.2) is 40.1 Å². The van der Waals surface area contributed by atoms with Crippen LogP contribution in [0.3, 0.4) is 0 Å². The predicted molar refractivity (Wildman–Crippen MR) is 108 cm³/mol. The molecule has 0 unspecified atom stereocenters. The second-order valence-electron chi connectivity index (χ2n) is 6.90. The summed E-state index contributed by atoms with van der Waals surface area (Å²) in [6, 6.07) is 12.3. The molecule has 0 aliphatic carbocycles. The van der Waals surface area contributed by atoms with Gasteiger partial charge in [-0.15, -0.1) is 0 Å². The van der Waals surface area contributed by atoms with Crippen LogP contribution in [0.15, 0.2) is 58.3 Å². The van der Waals surface area contributed by atoms with Crippen LogP contribution in [0.25, 0.3) is 0 Å². The average Bonchev–Trinajstić information content (AvgIpc) is 3.22. The normalized spacial score (nSPS) is 15.3. The molecule has 0 spiro atoms. The van der Waals surface area contributed by atoms with Crippen LogP contribution in [0.2, 0.25) is 0 Å². The Hall–Kier alpha value is -2.27. The molecule has 2 aromatic rings. The van der Waals surface area contributed by atoms with Crippen LogP contribution in [0, 0.1) is 0 Å². The van der Waals surface area contributed by atoms with Gasteiger partial charge in [-0.05, 0) is 48.2 Å². The molecule has 0 aromatic heterocycles. The molecule has 0 atom stereocenters. The minimum atomic E-state index is -3.76. The summed E-state index contributed by atoms with van der Waals surface area (Å²) in [7, 11) is -7.21. The molecule has 0 bridgehead atoms. The highest BCUT2D eigenvalue weighted by molar-refractivity contribution is 7.89. The largest absolute Gasteiger partial charge is 0.352 e. The first-order valence-electron chi connectivity index (χ1n) is 9.14. The molecule has 3 N–H and O–H groups in total. The Morgan fingerprint density at radius 3 is 1.93 bits per heavy atom. The van der Waals surface area contributed by atoms with Gasteiger partial charge in [0.1, 0.15) is 0 Å². The number of carbonyl (C=O) groups is 1. The van der Waals surface area contributed by atoms with E-state index in [4.69, 9.17) is 5.14 Å². The number of nitrogens with one attached hydrogen (secondary N) is 1. The van der Waals surface area contributed by atoms with Crippen LogP contribution in [0.4, 0.5) is 0 Å². The minimum absolute atomic E-state index is 0.00868. The molecule has 1 saturated heterocycles. The molecular formula is C19H23N3O5S2. The number of carbonyl (C=O) groups excluding carboxylic acids is 1. The van der Waals surface area contributed by atoms with Gasteiger partial charge in [-0.1, -0.05) is 24.3 Å².